The lowest BCUT2D eigenvalue weighted by molar-refractivity contribution is 0.1000. The van der Waals surface area contributed by atoms with Gasteiger partial charge in [-0.15, -0.1) is 0 Å². The highest BCUT2D eigenvalue weighted by Gasteiger charge is 2.09. The van der Waals surface area contributed by atoms with Gasteiger partial charge in [0.25, 0.3) is 0 Å². The second-order valence-electron chi connectivity index (χ2n) is 5.60. The first-order valence-corrected chi connectivity index (χ1v) is 7.57. The summed E-state index contributed by atoms with van der Waals surface area (Å²) in [5.74, 6) is 1.87. The first-order valence-electron chi connectivity index (χ1n) is 7.57. The number of unbranched alkanes of at least 4 members (excludes halogenated alkanes) is 1. The summed E-state index contributed by atoms with van der Waals surface area (Å²) in [6.07, 6.45) is 4.72. The molecule has 3 nitrogen and oxygen atoms in total. The van der Waals surface area contributed by atoms with Gasteiger partial charge < -0.3 is 10.5 Å². The summed E-state index contributed by atoms with van der Waals surface area (Å²) >= 11 is 0. The van der Waals surface area contributed by atoms with E-state index < -0.39 is 5.91 Å². The van der Waals surface area contributed by atoms with E-state index in [0.717, 1.165) is 24.0 Å². The molecule has 2 unspecified atom stereocenters. The van der Waals surface area contributed by atoms with Crippen LogP contribution >= 0.6 is 0 Å². The molecule has 2 N–H and O–H groups in total. The fraction of sp³-hybridized carbons (Fsp3) is 0.588. The van der Waals surface area contributed by atoms with E-state index in [1.54, 1.807) is 18.2 Å². The van der Waals surface area contributed by atoms with Crippen LogP contribution in [0.3, 0.4) is 0 Å². The smallest absolute Gasteiger partial charge is 0.248 e. The summed E-state index contributed by atoms with van der Waals surface area (Å²) < 4.78 is 5.66. The summed E-state index contributed by atoms with van der Waals surface area (Å²) in [5.41, 5.74) is 5.73. The van der Waals surface area contributed by atoms with Crippen molar-refractivity contribution in [1.82, 2.24) is 0 Å². The van der Waals surface area contributed by atoms with Crippen LogP contribution < -0.4 is 10.5 Å². The Morgan fingerprint density at radius 1 is 1.25 bits per heavy atom. The third-order valence-corrected chi connectivity index (χ3v) is 4.06. The summed E-state index contributed by atoms with van der Waals surface area (Å²) in [6.45, 7) is 7.58. The molecule has 1 rings (SSSR count). The SMILES string of the molecule is CCC(C)C(C)CCCCOc1cccc(C(N)=O)c1. The van der Waals surface area contributed by atoms with Gasteiger partial charge in [-0.2, -0.15) is 0 Å². The highest BCUT2D eigenvalue weighted by atomic mass is 16.5. The maximum absolute atomic E-state index is 11.1. The van der Waals surface area contributed by atoms with Gasteiger partial charge in [-0.25, -0.2) is 0 Å². The molecule has 0 fully saturated rings. The molecular formula is C17H27NO2. The zero-order valence-electron chi connectivity index (χ0n) is 12.9. The summed E-state index contributed by atoms with van der Waals surface area (Å²) in [4.78, 5) is 11.1. The molecule has 0 aliphatic rings. The molecule has 0 saturated heterocycles. The molecule has 112 valence electrons. The molecular weight excluding hydrogens is 250 g/mol. The Morgan fingerprint density at radius 2 is 2.00 bits per heavy atom. The quantitative estimate of drug-likeness (QED) is 0.693. The Morgan fingerprint density at radius 3 is 2.65 bits per heavy atom. The fourth-order valence-electron chi connectivity index (χ4n) is 2.18. The van der Waals surface area contributed by atoms with Crippen LogP contribution in [0.5, 0.6) is 5.75 Å². The Labute approximate surface area is 122 Å². The van der Waals surface area contributed by atoms with Gasteiger partial charge in [-0.05, 0) is 42.9 Å². The van der Waals surface area contributed by atoms with Crippen molar-refractivity contribution in [2.45, 2.75) is 46.5 Å². The minimum Gasteiger partial charge on any atom is -0.494 e. The minimum absolute atomic E-state index is 0.419. The van der Waals surface area contributed by atoms with Crippen LogP contribution in [0.15, 0.2) is 24.3 Å². The molecule has 2 atom stereocenters. The van der Waals surface area contributed by atoms with Gasteiger partial charge in [-0.3, -0.25) is 4.79 Å². The number of rotatable bonds is 9. The van der Waals surface area contributed by atoms with Crippen LogP contribution in [0.4, 0.5) is 0 Å². The van der Waals surface area contributed by atoms with Crippen molar-refractivity contribution >= 4 is 5.91 Å². The second kappa shape index (κ2) is 8.62. The topological polar surface area (TPSA) is 52.3 Å². The number of ether oxygens (including phenoxy) is 1. The molecule has 0 saturated carbocycles. The lowest BCUT2D eigenvalue weighted by Crippen LogP contribution is -2.11. The van der Waals surface area contributed by atoms with Crippen molar-refractivity contribution in [3.05, 3.63) is 29.8 Å². The Balaban J connectivity index is 2.24. The monoisotopic (exact) mass is 277 g/mol. The zero-order chi connectivity index (χ0) is 15.0. The first-order chi connectivity index (χ1) is 9.54. The molecule has 1 amide bonds. The summed E-state index contributed by atoms with van der Waals surface area (Å²) in [6, 6.07) is 7.04. The Hall–Kier alpha value is -1.51. The summed E-state index contributed by atoms with van der Waals surface area (Å²) in [5, 5.41) is 0. The average molecular weight is 277 g/mol. The molecule has 0 aliphatic carbocycles. The van der Waals surface area contributed by atoms with Crippen molar-refractivity contribution in [3.63, 3.8) is 0 Å². The first kappa shape index (κ1) is 16.5. The van der Waals surface area contributed by atoms with E-state index in [9.17, 15) is 4.79 Å². The molecule has 0 spiro atoms. The van der Waals surface area contributed by atoms with E-state index in [4.69, 9.17) is 10.5 Å². The van der Waals surface area contributed by atoms with Gasteiger partial charge >= 0.3 is 0 Å². The van der Waals surface area contributed by atoms with Crippen molar-refractivity contribution in [2.24, 2.45) is 17.6 Å². The minimum atomic E-state index is -0.419. The maximum atomic E-state index is 11.1. The highest BCUT2D eigenvalue weighted by molar-refractivity contribution is 5.93. The maximum Gasteiger partial charge on any atom is 0.248 e. The number of carbonyl (C=O) groups excluding carboxylic acids is 1. The third kappa shape index (κ3) is 5.64. The van der Waals surface area contributed by atoms with E-state index in [1.165, 1.54) is 19.3 Å². The average Bonchev–Trinajstić information content (AvgIpc) is 2.46. The summed E-state index contributed by atoms with van der Waals surface area (Å²) in [7, 11) is 0. The number of benzene rings is 1. The fourth-order valence-corrected chi connectivity index (χ4v) is 2.18. The van der Waals surface area contributed by atoms with Gasteiger partial charge in [0, 0.05) is 5.56 Å². The molecule has 0 heterocycles. The number of hydrogen-bond acceptors (Lipinski definition) is 2. The van der Waals surface area contributed by atoms with Crippen molar-refractivity contribution in [3.8, 4) is 5.75 Å². The van der Waals surface area contributed by atoms with E-state index in [2.05, 4.69) is 20.8 Å². The van der Waals surface area contributed by atoms with Crippen LogP contribution in [0, 0.1) is 11.8 Å². The van der Waals surface area contributed by atoms with Gasteiger partial charge in [0.15, 0.2) is 0 Å². The molecule has 0 aliphatic heterocycles. The molecule has 0 aromatic heterocycles. The second-order valence-corrected chi connectivity index (χ2v) is 5.60. The predicted octanol–water partition coefficient (Wildman–Crippen LogP) is 4.02. The van der Waals surface area contributed by atoms with Crippen LogP contribution in [0.1, 0.15) is 56.8 Å². The van der Waals surface area contributed by atoms with Crippen molar-refractivity contribution < 1.29 is 9.53 Å². The number of nitrogens with two attached hydrogens (primary N) is 1. The van der Waals surface area contributed by atoms with Crippen molar-refractivity contribution in [2.75, 3.05) is 6.61 Å². The van der Waals surface area contributed by atoms with Crippen LogP contribution in [0.25, 0.3) is 0 Å². The van der Waals surface area contributed by atoms with E-state index in [1.807, 2.05) is 6.07 Å². The highest BCUT2D eigenvalue weighted by Crippen LogP contribution is 2.20. The number of primary amides is 1. The van der Waals surface area contributed by atoms with Gasteiger partial charge in [-0.1, -0.05) is 39.7 Å². The standard InChI is InChI=1S/C17H27NO2/c1-4-13(2)14(3)8-5-6-11-20-16-10-7-9-15(12-16)17(18)19/h7,9-10,12-14H,4-6,8,11H2,1-3H3,(H2,18,19). The zero-order valence-corrected chi connectivity index (χ0v) is 12.9. The van der Waals surface area contributed by atoms with Crippen LogP contribution in [0.2, 0.25) is 0 Å². The van der Waals surface area contributed by atoms with Crippen LogP contribution in [-0.2, 0) is 0 Å². The van der Waals surface area contributed by atoms with Crippen molar-refractivity contribution in [1.29, 1.82) is 0 Å². The van der Waals surface area contributed by atoms with Gasteiger partial charge in [0.2, 0.25) is 5.91 Å². The molecule has 3 heteroatoms. The number of carbonyl (C=O) groups is 1. The van der Waals surface area contributed by atoms with E-state index in [0.29, 0.717) is 12.2 Å². The van der Waals surface area contributed by atoms with E-state index in [-0.39, 0.29) is 0 Å². The Bertz CT molecular complexity index is 417. The lowest BCUT2D eigenvalue weighted by Gasteiger charge is -2.17. The molecule has 1 aromatic carbocycles. The predicted molar refractivity (Wildman–Crippen MR) is 82.9 cm³/mol. The third-order valence-electron chi connectivity index (χ3n) is 4.06. The number of hydrogen-bond donors (Lipinski definition) is 1. The largest absolute Gasteiger partial charge is 0.494 e. The Kier molecular flexibility index (Phi) is 7.13. The molecule has 1 aromatic rings. The number of amides is 1. The molecule has 0 bridgehead atoms. The lowest BCUT2D eigenvalue weighted by atomic mass is 9.89. The van der Waals surface area contributed by atoms with Gasteiger partial charge in [0.1, 0.15) is 5.75 Å². The van der Waals surface area contributed by atoms with E-state index >= 15 is 0 Å². The molecule has 20 heavy (non-hydrogen) atoms. The normalized spacial score (nSPS) is 13.8. The molecule has 0 radical (unpaired) electrons. The van der Waals surface area contributed by atoms with Gasteiger partial charge in [0.05, 0.1) is 6.61 Å². The van der Waals surface area contributed by atoms with Crippen LogP contribution in [-0.4, -0.2) is 12.5 Å².